The van der Waals surface area contributed by atoms with Crippen molar-refractivity contribution < 1.29 is 9.53 Å². The Hall–Kier alpha value is -2.88. The summed E-state index contributed by atoms with van der Waals surface area (Å²) >= 11 is 12.2. The molecule has 2 fully saturated rings. The first-order valence-corrected chi connectivity index (χ1v) is 12.0. The number of anilines is 3. The average molecular weight is 502 g/mol. The maximum Gasteiger partial charge on any atom is 0.262 e. The molecule has 1 aliphatic carbocycles. The van der Waals surface area contributed by atoms with Gasteiger partial charge in [-0.3, -0.25) is 9.48 Å². The minimum atomic E-state index is -0.429. The van der Waals surface area contributed by atoms with E-state index in [1.54, 1.807) is 24.4 Å². The minimum absolute atomic E-state index is 0.0521. The zero-order valence-corrected chi connectivity index (χ0v) is 20.2. The third-order valence-corrected chi connectivity index (χ3v) is 6.46. The Labute approximate surface area is 207 Å². The molecule has 1 aromatic carbocycles. The molecule has 3 aromatic rings. The highest BCUT2D eigenvalue weighted by atomic mass is 35.5. The van der Waals surface area contributed by atoms with E-state index < -0.39 is 5.91 Å². The van der Waals surface area contributed by atoms with Crippen molar-refractivity contribution in [2.45, 2.75) is 37.8 Å². The molecule has 2 aromatic heterocycles. The quantitative estimate of drug-likeness (QED) is 0.480. The number of rotatable bonds is 7. The molecule has 0 unspecified atom stereocenters. The second kappa shape index (κ2) is 9.77. The van der Waals surface area contributed by atoms with Crippen molar-refractivity contribution in [2.75, 3.05) is 30.8 Å². The second-order valence-corrected chi connectivity index (χ2v) is 9.52. The number of likely N-dealkylation sites (tertiary alicyclic amines) is 1. The van der Waals surface area contributed by atoms with Crippen LogP contribution in [0.5, 0.6) is 5.88 Å². The third-order valence-electron chi connectivity index (χ3n) is 5.90. The van der Waals surface area contributed by atoms with Crippen LogP contribution in [0, 0.1) is 0 Å². The van der Waals surface area contributed by atoms with Gasteiger partial charge in [-0.15, -0.1) is 0 Å². The maximum absolute atomic E-state index is 13.0. The summed E-state index contributed by atoms with van der Waals surface area (Å²) in [6, 6.07) is 5.24. The van der Waals surface area contributed by atoms with Gasteiger partial charge in [0.25, 0.3) is 5.91 Å². The molecular weight excluding hydrogens is 477 g/mol. The predicted molar refractivity (Wildman–Crippen MR) is 131 cm³/mol. The number of amides is 1. The number of aromatic nitrogens is 4. The molecular formula is C23H25Cl2N7O2. The number of nitrogens with zero attached hydrogens (tertiary/aromatic N) is 5. The van der Waals surface area contributed by atoms with Gasteiger partial charge in [-0.05, 0) is 64.0 Å². The second-order valence-electron chi connectivity index (χ2n) is 8.68. The first-order valence-electron chi connectivity index (χ1n) is 11.2. The SMILES string of the molecule is CN1CCC(n2cc(Nc3ncc(C(=O)Nc4cc(Cl)ccc4Cl)c(OC4CC4)n3)cn2)CC1. The lowest BCUT2D eigenvalue weighted by Crippen LogP contribution is -2.31. The van der Waals surface area contributed by atoms with E-state index in [9.17, 15) is 4.79 Å². The van der Waals surface area contributed by atoms with Gasteiger partial charge < -0.3 is 20.3 Å². The molecule has 5 rings (SSSR count). The summed E-state index contributed by atoms with van der Waals surface area (Å²) in [5.74, 6) is 0.121. The largest absolute Gasteiger partial charge is 0.474 e. The summed E-state index contributed by atoms with van der Waals surface area (Å²) in [6.07, 6.45) is 9.20. The molecule has 1 aliphatic heterocycles. The van der Waals surface area contributed by atoms with Crippen molar-refractivity contribution >= 4 is 46.4 Å². The molecule has 0 atom stereocenters. The number of piperidine rings is 1. The van der Waals surface area contributed by atoms with E-state index in [4.69, 9.17) is 27.9 Å². The van der Waals surface area contributed by atoms with Crippen LogP contribution in [0.3, 0.4) is 0 Å². The fraction of sp³-hybridized carbons (Fsp3) is 0.391. The molecule has 9 nitrogen and oxygen atoms in total. The number of nitrogens with one attached hydrogen (secondary N) is 2. The highest BCUT2D eigenvalue weighted by Crippen LogP contribution is 2.31. The number of halogens is 2. The summed E-state index contributed by atoms with van der Waals surface area (Å²) in [5, 5.41) is 11.3. The molecule has 0 bridgehead atoms. The molecule has 2 N–H and O–H groups in total. The van der Waals surface area contributed by atoms with Crippen LogP contribution >= 0.6 is 23.2 Å². The van der Waals surface area contributed by atoms with Gasteiger partial charge in [-0.2, -0.15) is 10.1 Å². The van der Waals surface area contributed by atoms with E-state index in [-0.39, 0.29) is 17.5 Å². The number of hydrogen-bond donors (Lipinski definition) is 2. The molecule has 0 spiro atoms. The standard InChI is InChI=1S/C23H25Cl2N7O2/c1-31-8-6-16(7-9-31)32-13-15(11-27-32)28-23-26-12-18(22(30-23)34-17-3-4-17)21(33)29-20-10-14(24)2-5-19(20)25/h2,5,10-13,16-17H,3-4,6-9H2,1H3,(H,29,33)(H,26,28,30). The van der Waals surface area contributed by atoms with E-state index in [1.807, 2.05) is 10.9 Å². The number of ether oxygens (including phenoxy) is 1. The van der Waals surface area contributed by atoms with Crippen LogP contribution in [-0.4, -0.2) is 56.8 Å². The Bertz CT molecular complexity index is 1190. The lowest BCUT2D eigenvalue weighted by molar-refractivity contribution is 0.102. The molecule has 1 saturated carbocycles. The number of carbonyl (C=O) groups excluding carboxylic acids is 1. The lowest BCUT2D eigenvalue weighted by Gasteiger charge is -2.28. The van der Waals surface area contributed by atoms with Gasteiger partial charge in [0.15, 0.2) is 0 Å². The Balaban J connectivity index is 1.32. The first-order chi connectivity index (χ1) is 16.4. The zero-order valence-electron chi connectivity index (χ0n) is 18.7. The van der Waals surface area contributed by atoms with Crippen LogP contribution in [0.4, 0.5) is 17.3 Å². The van der Waals surface area contributed by atoms with Crippen molar-refractivity contribution in [3.63, 3.8) is 0 Å². The van der Waals surface area contributed by atoms with E-state index in [0.717, 1.165) is 44.5 Å². The maximum atomic E-state index is 13.0. The fourth-order valence-corrected chi connectivity index (χ4v) is 4.13. The number of benzene rings is 1. The third kappa shape index (κ3) is 5.43. The smallest absolute Gasteiger partial charge is 0.262 e. The Kier molecular flexibility index (Phi) is 6.58. The number of carbonyl (C=O) groups is 1. The van der Waals surface area contributed by atoms with E-state index in [1.165, 1.54) is 6.20 Å². The van der Waals surface area contributed by atoms with Crippen LogP contribution in [0.25, 0.3) is 0 Å². The average Bonchev–Trinajstić information content (AvgIpc) is 3.51. The van der Waals surface area contributed by atoms with Gasteiger partial charge in [0.1, 0.15) is 11.7 Å². The van der Waals surface area contributed by atoms with E-state index in [0.29, 0.717) is 27.7 Å². The molecule has 11 heteroatoms. The monoisotopic (exact) mass is 501 g/mol. The lowest BCUT2D eigenvalue weighted by atomic mass is 10.1. The summed E-state index contributed by atoms with van der Waals surface area (Å²) < 4.78 is 7.92. The highest BCUT2D eigenvalue weighted by Gasteiger charge is 2.28. The van der Waals surface area contributed by atoms with Crippen molar-refractivity contribution in [1.29, 1.82) is 0 Å². The summed E-state index contributed by atoms with van der Waals surface area (Å²) in [4.78, 5) is 24.1. The number of hydrogen-bond acceptors (Lipinski definition) is 7. The van der Waals surface area contributed by atoms with Gasteiger partial charge in [-0.25, -0.2) is 4.98 Å². The molecule has 3 heterocycles. The molecule has 1 amide bonds. The molecule has 34 heavy (non-hydrogen) atoms. The molecule has 0 radical (unpaired) electrons. The van der Waals surface area contributed by atoms with Crippen LogP contribution in [0.2, 0.25) is 10.0 Å². The van der Waals surface area contributed by atoms with Crippen LogP contribution < -0.4 is 15.4 Å². The van der Waals surface area contributed by atoms with Crippen LogP contribution in [0.1, 0.15) is 42.1 Å². The topological polar surface area (TPSA) is 97.2 Å². The minimum Gasteiger partial charge on any atom is -0.474 e. The van der Waals surface area contributed by atoms with Crippen LogP contribution in [-0.2, 0) is 0 Å². The normalized spacial score (nSPS) is 16.9. The molecule has 1 saturated heterocycles. The summed E-state index contributed by atoms with van der Waals surface area (Å²) in [6.45, 7) is 2.12. The van der Waals surface area contributed by atoms with Crippen LogP contribution in [0.15, 0.2) is 36.8 Å². The van der Waals surface area contributed by atoms with E-state index in [2.05, 4.69) is 37.6 Å². The molecule has 2 aliphatic rings. The summed E-state index contributed by atoms with van der Waals surface area (Å²) in [7, 11) is 2.14. The van der Waals surface area contributed by atoms with Gasteiger partial charge in [0.05, 0.1) is 28.6 Å². The van der Waals surface area contributed by atoms with Crippen molar-refractivity contribution in [3.05, 3.63) is 52.4 Å². The Morgan fingerprint density at radius 3 is 2.71 bits per heavy atom. The Morgan fingerprint density at radius 2 is 1.94 bits per heavy atom. The first kappa shape index (κ1) is 22.9. The van der Waals surface area contributed by atoms with Crippen molar-refractivity contribution in [3.8, 4) is 5.88 Å². The summed E-state index contributed by atoms with van der Waals surface area (Å²) in [5.41, 5.74) is 1.40. The highest BCUT2D eigenvalue weighted by molar-refractivity contribution is 6.35. The van der Waals surface area contributed by atoms with Crippen molar-refractivity contribution in [1.82, 2.24) is 24.6 Å². The Morgan fingerprint density at radius 1 is 1.15 bits per heavy atom. The van der Waals surface area contributed by atoms with Gasteiger partial charge in [-0.1, -0.05) is 23.2 Å². The molecule has 178 valence electrons. The van der Waals surface area contributed by atoms with Gasteiger partial charge >= 0.3 is 0 Å². The predicted octanol–water partition coefficient (Wildman–Crippen LogP) is 4.78. The van der Waals surface area contributed by atoms with E-state index >= 15 is 0 Å². The van der Waals surface area contributed by atoms with Gasteiger partial charge in [0, 0.05) is 17.4 Å². The fourth-order valence-electron chi connectivity index (χ4n) is 3.79. The zero-order chi connectivity index (χ0) is 23.7. The van der Waals surface area contributed by atoms with Crippen molar-refractivity contribution in [2.24, 2.45) is 0 Å². The van der Waals surface area contributed by atoms with Gasteiger partial charge in [0.2, 0.25) is 11.8 Å².